The van der Waals surface area contributed by atoms with Crippen LogP contribution in [0.5, 0.6) is 0 Å². The summed E-state index contributed by atoms with van der Waals surface area (Å²) in [4.78, 5) is 10.2. The van der Waals surface area contributed by atoms with E-state index in [9.17, 15) is 4.79 Å². The third-order valence-corrected chi connectivity index (χ3v) is 1.54. The lowest BCUT2D eigenvalue weighted by Gasteiger charge is -2.15. The smallest absolute Gasteiger partial charge is 0.303 e. The third kappa shape index (κ3) is 7.74. The van der Waals surface area contributed by atoms with Gasteiger partial charge in [0, 0.05) is 19.6 Å². The van der Waals surface area contributed by atoms with Crippen LogP contribution in [0.1, 0.15) is 33.1 Å². The number of hydrogen-bond donors (Lipinski definition) is 1. The molecule has 0 aromatic heterocycles. The number of carboxylic acid groups (broad SMARTS) is 1. The van der Waals surface area contributed by atoms with E-state index >= 15 is 0 Å². The van der Waals surface area contributed by atoms with E-state index in [0.29, 0.717) is 26.1 Å². The van der Waals surface area contributed by atoms with Crippen LogP contribution in [0.2, 0.25) is 0 Å². The minimum atomic E-state index is -0.772. The normalized spacial score (nSPS) is 10.7. The Morgan fingerprint density at radius 1 is 1.31 bits per heavy atom. The first-order valence-electron chi connectivity index (χ1n) is 4.65. The highest BCUT2D eigenvalue weighted by atomic mass is 16.7. The molecule has 0 aliphatic heterocycles. The maximum absolute atomic E-state index is 10.2. The molecule has 4 heteroatoms. The zero-order valence-corrected chi connectivity index (χ0v) is 8.28. The van der Waals surface area contributed by atoms with Gasteiger partial charge < -0.3 is 14.6 Å². The van der Waals surface area contributed by atoms with Gasteiger partial charge in [0.25, 0.3) is 0 Å². The van der Waals surface area contributed by atoms with E-state index in [4.69, 9.17) is 14.6 Å². The Kier molecular flexibility index (Phi) is 7.63. The van der Waals surface area contributed by atoms with Gasteiger partial charge in [-0.05, 0) is 26.7 Å². The largest absolute Gasteiger partial charge is 0.481 e. The summed E-state index contributed by atoms with van der Waals surface area (Å²) in [5, 5.41) is 8.40. The van der Waals surface area contributed by atoms with Crippen molar-refractivity contribution >= 4 is 5.97 Å². The van der Waals surface area contributed by atoms with Gasteiger partial charge in [-0.1, -0.05) is 0 Å². The summed E-state index contributed by atoms with van der Waals surface area (Å²) in [6.07, 6.45) is 1.18. The van der Waals surface area contributed by atoms with E-state index in [2.05, 4.69) is 0 Å². The molecule has 0 spiro atoms. The van der Waals surface area contributed by atoms with Gasteiger partial charge >= 0.3 is 5.97 Å². The van der Waals surface area contributed by atoms with Crippen LogP contribution in [0.15, 0.2) is 0 Å². The molecule has 0 saturated carbocycles. The van der Waals surface area contributed by atoms with Crippen molar-refractivity contribution in [3.8, 4) is 0 Å². The van der Waals surface area contributed by atoms with E-state index in [-0.39, 0.29) is 12.7 Å². The molecule has 0 aliphatic carbocycles. The van der Waals surface area contributed by atoms with Crippen molar-refractivity contribution in [2.75, 3.05) is 13.2 Å². The Balaban J connectivity index is 3.49. The van der Waals surface area contributed by atoms with Crippen molar-refractivity contribution in [3.05, 3.63) is 0 Å². The van der Waals surface area contributed by atoms with Crippen molar-refractivity contribution in [1.29, 1.82) is 0 Å². The fraction of sp³-hybridized carbons (Fsp3) is 0.889. The number of hydrogen-bond acceptors (Lipinski definition) is 3. The molecule has 1 N–H and O–H groups in total. The van der Waals surface area contributed by atoms with Gasteiger partial charge in [0.1, 0.15) is 0 Å². The van der Waals surface area contributed by atoms with E-state index in [0.717, 1.165) is 0 Å². The second-order valence-electron chi connectivity index (χ2n) is 2.63. The molecular weight excluding hydrogens is 172 g/mol. The molecule has 0 fully saturated rings. The van der Waals surface area contributed by atoms with Crippen LogP contribution in [0.4, 0.5) is 0 Å². The van der Waals surface area contributed by atoms with Gasteiger partial charge in [0.05, 0.1) is 0 Å². The maximum Gasteiger partial charge on any atom is 0.303 e. The van der Waals surface area contributed by atoms with Crippen LogP contribution in [0, 0.1) is 0 Å². The quantitative estimate of drug-likeness (QED) is 0.591. The Morgan fingerprint density at radius 3 is 2.23 bits per heavy atom. The van der Waals surface area contributed by atoms with E-state index < -0.39 is 5.97 Å². The van der Waals surface area contributed by atoms with Gasteiger partial charge in [0.15, 0.2) is 6.29 Å². The molecule has 0 amide bonds. The molecule has 0 aliphatic rings. The van der Waals surface area contributed by atoms with Gasteiger partial charge in [-0.15, -0.1) is 0 Å². The average molecular weight is 190 g/mol. The van der Waals surface area contributed by atoms with E-state index in [1.807, 2.05) is 13.8 Å². The molecule has 0 aromatic carbocycles. The van der Waals surface area contributed by atoms with Gasteiger partial charge in [-0.3, -0.25) is 4.79 Å². The Bertz CT molecular complexity index is 130. The molecule has 4 nitrogen and oxygen atoms in total. The molecule has 0 saturated heterocycles. The van der Waals surface area contributed by atoms with Crippen molar-refractivity contribution < 1.29 is 19.4 Å². The van der Waals surface area contributed by atoms with Crippen LogP contribution in [-0.4, -0.2) is 30.6 Å². The van der Waals surface area contributed by atoms with Crippen molar-refractivity contribution in [1.82, 2.24) is 0 Å². The first-order chi connectivity index (χ1) is 6.20. The minimum absolute atomic E-state index is 0.177. The first kappa shape index (κ1) is 12.4. The fourth-order valence-corrected chi connectivity index (χ4v) is 1.01. The molecule has 78 valence electrons. The highest BCUT2D eigenvalue weighted by Gasteiger charge is 2.08. The predicted octanol–water partition coefficient (Wildman–Crippen LogP) is 1.64. The Morgan fingerprint density at radius 2 is 1.85 bits per heavy atom. The zero-order valence-electron chi connectivity index (χ0n) is 8.28. The number of carboxylic acids is 1. The van der Waals surface area contributed by atoms with Crippen molar-refractivity contribution in [2.24, 2.45) is 0 Å². The molecule has 0 bridgehead atoms. The zero-order chi connectivity index (χ0) is 10.1. The topological polar surface area (TPSA) is 55.8 Å². The highest BCUT2D eigenvalue weighted by Crippen LogP contribution is 2.06. The Hall–Kier alpha value is -0.610. The number of ether oxygens (including phenoxy) is 2. The van der Waals surface area contributed by atoms with Gasteiger partial charge in [-0.25, -0.2) is 0 Å². The standard InChI is InChI=1S/C9H18O4/c1-3-12-9(13-4-2)7-5-6-8(10)11/h9H,3-7H2,1-2H3,(H,10,11). The first-order valence-corrected chi connectivity index (χ1v) is 4.65. The lowest BCUT2D eigenvalue weighted by molar-refractivity contribution is -0.144. The summed E-state index contributed by atoms with van der Waals surface area (Å²) in [7, 11) is 0. The molecule has 0 radical (unpaired) electrons. The predicted molar refractivity (Wildman–Crippen MR) is 48.5 cm³/mol. The maximum atomic E-state index is 10.2. The summed E-state index contributed by atoms with van der Waals surface area (Å²) >= 11 is 0. The van der Waals surface area contributed by atoms with Crippen LogP contribution in [0.25, 0.3) is 0 Å². The van der Waals surface area contributed by atoms with E-state index in [1.54, 1.807) is 0 Å². The van der Waals surface area contributed by atoms with Crippen molar-refractivity contribution in [3.63, 3.8) is 0 Å². The lowest BCUT2D eigenvalue weighted by atomic mass is 10.2. The van der Waals surface area contributed by atoms with Crippen LogP contribution in [-0.2, 0) is 14.3 Å². The Labute approximate surface area is 78.8 Å². The lowest BCUT2D eigenvalue weighted by Crippen LogP contribution is -2.17. The molecule has 0 unspecified atom stereocenters. The van der Waals surface area contributed by atoms with Crippen LogP contribution < -0.4 is 0 Å². The minimum Gasteiger partial charge on any atom is -0.481 e. The van der Waals surface area contributed by atoms with Crippen LogP contribution >= 0.6 is 0 Å². The summed E-state index contributed by atoms with van der Waals surface area (Å²) < 4.78 is 10.5. The summed E-state index contributed by atoms with van der Waals surface area (Å²) in [6, 6.07) is 0. The summed E-state index contributed by atoms with van der Waals surface area (Å²) in [5.41, 5.74) is 0. The SMILES string of the molecule is CCOC(CCCC(=O)O)OCC. The fourth-order valence-electron chi connectivity index (χ4n) is 1.01. The second kappa shape index (κ2) is 8.01. The monoisotopic (exact) mass is 190 g/mol. The summed E-state index contributed by atoms with van der Waals surface area (Å²) in [5.74, 6) is -0.772. The molecule has 0 aromatic rings. The van der Waals surface area contributed by atoms with Gasteiger partial charge in [0.2, 0.25) is 0 Å². The third-order valence-electron chi connectivity index (χ3n) is 1.54. The highest BCUT2D eigenvalue weighted by molar-refractivity contribution is 5.66. The summed E-state index contributed by atoms with van der Waals surface area (Å²) in [6.45, 7) is 4.97. The average Bonchev–Trinajstić information content (AvgIpc) is 2.04. The molecule has 0 rings (SSSR count). The molecular formula is C9H18O4. The van der Waals surface area contributed by atoms with Gasteiger partial charge in [-0.2, -0.15) is 0 Å². The number of carbonyl (C=O) groups is 1. The number of rotatable bonds is 8. The van der Waals surface area contributed by atoms with Crippen molar-refractivity contribution in [2.45, 2.75) is 39.4 Å². The van der Waals surface area contributed by atoms with Crippen LogP contribution in [0.3, 0.4) is 0 Å². The second-order valence-corrected chi connectivity index (χ2v) is 2.63. The molecule has 13 heavy (non-hydrogen) atoms. The van der Waals surface area contributed by atoms with E-state index in [1.165, 1.54) is 0 Å². The molecule has 0 atom stereocenters. The molecule has 0 heterocycles. The number of aliphatic carboxylic acids is 1.